The third-order valence-electron chi connectivity index (χ3n) is 7.21. The van der Waals surface area contributed by atoms with Gasteiger partial charge >= 0.3 is 10.4 Å². The third kappa shape index (κ3) is 5.04. The number of rotatable bonds is 6. The molecule has 3 saturated heterocycles. The number of ether oxygens (including phenoxy) is 4. The Morgan fingerprint density at radius 3 is 2.47 bits per heavy atom. The standard InChI is InChI=1S/C19H37N5O11S/c1-18(27)6-30-17(11(26)13(18)24-2)33-15-10(25)12(32-16-8(21)4-3-7(5-20)31-16)9(22)14-19(15,23)35-36(28,29)34-14/h7-17,24-27H,3-6,20-23H2,1-2H3/t7-,8+,9-,10+,11+,12+,13+,14?,15-,16+,17+,18-,19-/m0/s1. The van der Waals surface area contributed by atoms with Crippen LogP contribution in [0.3, 0.4) is 0 Å². The van der Waals surface area contributed by atoms with Crippen LogP contribution in [0.1, 0.15) is 19.8 Å². The van der Waals surface area contributed by atoms with Crippen LogP contribution in [0.5, 0.6) is 0 Å². The molecule has 17 heteroatoms. The molecule has 4 aliphatic rings. The monoisotopic (exact) mass is 543 g/mol. The summed E-state index contributed by atoms with van der Waals surface area (Å²) in [4.78, 5) is 0. The predicted octanol–water partition coefficient (Wildman–Crippen LogP) is -5.38. The number of hydrogen-bond donors (Lipinski definition) is 8. The van der Waals surface area contributed by atoms with Gasteiger partial charge in [0.1, 0.15) is 36.1 Å². The van der Waals surface area contributed by atoms with E-state index in [-0.39, 0.29) is 19.3 Å². The van der Waals surface area contributed by atoms with Crippen molar-refractivity contribution in [1.82, 2.24) is 5.32 Å². The van der Waals surface area contributed by atoms with Gasteiger partial charge in [-0.1, -0.05) is 0 Å². The van der Waals surface area contributed by atoms with Crippen LogP contribution in [0.25, 0.3) is 0 Å². The summed E-state index contributed by atoms with van der Waals surface area (Å²) in [7, 11) is -3.10. The molecular formula is C19H37N5O11S. The molecule has 36 heavy (non-hydrogen) atoms. The number of likely N-dealkylation sites (N-methyl/N-ethyl adjacent to an activating group) is 1. The van der Waals surface area contributed by atoms with Crippen LogP contribution in [0.2, 0.25) is 0 Å². The van der Waals surface area contributed by atoms with Gasteiger partial charge < -0.3 is 56.8 Å². The molecule has 4 rings (SSSR count). The molecule has 12 N–H and O–H groups in total. The summed E-state index contributed by atoms with van der Waals surface area (Å²) in [5, 5.41) is 35.4. The second-order valence-corrected chi connectivity index (χ2v) is 11.2. The van der Waals surface area contributed by atoms with E-state index >= 15 is 0 Å². The molecule has 0 aromatic carbocycles. The molecular weight excluding hydrogens is 506 g/mol. The van der Waals surface area contributed by atoms with E-state index in [2.05, 4.69) is 5.32 Å². The first-order valence-electron chi connectivity index (χ1n) is 11.7. The summed E-state index contributed by atoms with van der Waals surface area (Å²) in [6.45, 7) is 1.41. The summed E-state index contributed by atoms with van der Waals surface area (Å²) in [5.41, 5.74) is 20.6. The highest BCUT2D eigenvalue weighted by molar-refractivity contribution is 7.82. The van der Waals surface area contributed by atoms with E-state index in [1.165, 1.54) is 14.0 Å². The SMILES string of the molecule is CN[C@@H]1[C@@H](O)[C@@H](O[C@H]2[C@H](O)[C@H](O[C@H]3O[C@H](CN)CC[C@H]3N)[C@H](N)C3OS(=O)(=O)O[C@@]32N)OC[C@]1(C)O. The summed E-state index contributed by atoms with van der Waals surface area (Å²) in [6, 6.07) is -2.80. The second-order valence-electron chi connectivity index (χ2n) is 9.98. The molecule has 0 radical (unpaired) electrons. The molecule has 13 atom stereocenters. The number of aliphatic hydroxyl groups excluding tert-OH is 2. The first-order valence-corrected chi connectivity index (χ1v) is 13.0. The Morgan fingerprint density at radius 2 is 1.83 bits per heavy atom. The molecule has 3 heterocycles. The number of nitrogens with one attached hydrogen (secondary N) is 1. The molecule has 0 aromatic rings. The van der Waals surface area contributed by atoms with E-state index in [4.69, 9.17) is 50.2 Å². The molecule has 1 aliphatic carbocycles. The minimum absolute atomic E-state index is 0.217. The van der Waals surface area contributed by atoms with Gasteiger partial charge in [0.05, 0.1) is 30.8 Å². The van der Waals surface area contributed by atoms with Gasteiger partial charge in [0.25, 0.3) is 0 Å². The van der Waals surface area contributed by atoms with Crippen molar-refractivity contribution < 1.29 is 51.1 Å². The van der Waals surface area contributed by atoms with Crippen LogP contribution in [0, 0.1) is 0 Å². The van der Waals surface area contributed by atoms with E-state index in [9.17, 15) is 23.7 Å². The van der Waals surface area contributed by atoms with E-state index < -0.39 is 83.0 Å². The van der Waals surface area contributed by atoms with E-state index in [1.54, 1.807) is 0 Å². The highest BCUT2D eigenvalue weighted by Gasteiger charge is 2.68. The summed E-state index contributed by atoms with van der Waals surface area (Å²) in [5.74, 6) is 0. The van der Waals surface area contributed by atoms with Gasteiger partial charge in [0, 0.05) is 6.54 Å². The maximum absolute atomic E-state index is 12.2. The molecule has 1 saturated carbocycles. The highest BCUT2D eigenvalue weighted by Crippen LogP contribution is 2.42. The van der Waals surface area contributed by atoms with Crippen LogP contribution in [-0.2, 0) is 37.7 Å². The quantitative estimate of drug-likeness (QED) is 0.155. The zero-order valence-corrected chi connectivity index (χ0v) is 20.8. The van der Waals surface area contributed by atoms with E-state index in [0.717, 1.165) is 0 Å². The molecule has 0 bridgehead atoms. The van der Waals surface area contributed by atoms with Crippen LogP contribution in [-0.4, -0.2) is 123 Å². The molecule has 3 aliphatic heterocycles. The van der Waals surface area contributed by atoms with Gasteiger partial charge in [0.15, 0.2) is 18.3 Å². The molecule has 4 fully saturated rings. The fraction of sp³-hybridized carbons (Fsp3) is 1.00. The van der Waals surface area contributed by atoms with Crippen molar-refractivity contribution in [3.8, 4) is 0 Å². The lowest BCUT2D eigenvalue weighted by Crippen LogP contribution is -2.78. The Labute approximate surface area is 208 Å². The normalized spacial score (nSPS) is 53.2. The molecule has 0 spiro atoms. The van der Waals surface area contributed by atoms with Gasteiger partial charge in [-0.15, -0.1) is 0 Å². The molecule has 1 unspecified atom stereocenters. The number of nitrogens with two attached hydrogens (primary N) is 4. The maximum atomic E-state index is 12.2. The van der Waals surface area contributed by atoms with Crippen molar-refractivity contribution in [3.05, 3.63) is 0 Å². The average molecular weight is 544 g/mol. The first kappa shape index (κ1) is 28.4. The topological polar surface area (TPSA) is 266 Å². The fourth-order valence-electron chi connectivity index (χ4n) is 5.26. The lowest BCUT2D eigenvalue weighted by Gasteiger charge is -2.51. The van der Waals surface area contributed by atoms with Gasteiger partial charge in [-0.3, -0.25) is 5.73 Å². The first-order chi connectivity index (χ1) is 16.7. The van der Waals surface area contributed by atoms with Crippen molar-refractivity contribution in [1.29, 1.82) is 0 Å². The number of fused-ring (bicyclic) bond motifs is 1. The summed E-state index contributed by atoms with van der Waals surface area (Å²) < 4.78 is 57.5. The van der Waals surface area contributed by atoms with Gasteiger partial charge in [-0.25, -0.2) is 8.37 Å². The third-order valence-corrected chi connectivity index (χ3v) is 8.14. The summed E-state index contributed by atoms with van der Waals surface area (Å²) >= 11 is 0. The Hall–Kier alpha value is -0.610. The fourth-order valence-corrected chi connectivity index (χ4v) is 6.38. The zero-order valence-electron chi connectivity index (χ0n) is 20.0. The van der Waals surface area contributed by atoms with Crippen LogP contribution in [0.4, 0.5) is 0 Å². The molecule has 16 nitrogen and oxygen atoms in total. The molecule has 0 aromatic heterocycles. The van der Waals surface area contributed by atoms with Crippen LogP contribution >= 0.6 is 0 Å². The number of aliphatic hydroxyl groups is 3. The Kier molecular flexibility index (Phi) is 8.03. The molecule has 210 valence electrons. The Bertz CT molecular complexity index is 899. The van der Waals surface area contributed by atoms with Crippen molar-refractivity contribution in [3.63, 3.8) is 0 Å². The van der Waals surface area contributed by atoms with Crippen LogP contribution < -0.4 is 28.3 Å². The smallest absolute Gasteiger partial charge is 0.387 e. The second kappa shape index (κ2) is 10.2. The highest BCUT2D eigenvalue weighted by atomic mass is 32.3. The minimum atomic E-state index is -4.62. The lowest BCUT2D eigenvalue weighted by atomic mass is 9.79. The van der Waals surface area contributed by atoms with Crippen molar-refractivity contribution in [2.45, 2.75) is 98.4 Å². The van der Waals surface area contributed by atoms with Crippen LogP contribution in [0.15, 0.2) is 0 Å². The van der Waals surface area contributed by atoms with Crippen molar-refractivity contribution in [2.24, 2.45) is 22.9 Å². The minimum Gasteiger partial charge on any atom is -0.387 e. The lowest BCUT2D eigenvalue weighted by molar-refractivity contribution is -0.330. The van der Waals surface area contributed by atoms with E-state index in [1.807, 2.05) is 0 Å². The van der Waals surface area contributed by atoms with E-state index in [0.29, 0.717) is 12.8 Å². The molecule has 0 amide bonds. The largest absolute Gasteiger partial charge is 0.402 e. The maximum Gasteiger partial charge on any atom is 0.402 e. The average Bonchev–Trinajstić information content (AvgIpc) is 3.06. The predicted molar refractivity (Wildman–Crippen MR) is 120 cm³/mol. The van der Waals surface area contributed by atoms with Gasteiger partial charge in [0.2, 0.25) is 0 Å². The summed E-state index contributed by atoms with van der Waals surface area (Å²) in [6.07, 6.45) is -9.43. The zero-order chi connectivity index (χ0) is 26.6. The van der Waals surface area contributed by atoms with Crippen molar-refractivity contribution in [2.75, 3.05) is 20.2 Å². The Balaban J connectivity index is 1.62. The van der Waals surface area contributed by atoms with Crippen molar-refractivity contribution >= 4 is 10.4 Å². The number of hydrogen-bond acceptors (Lipinski definition) is 16. The Morgan fingerprint density at radius 1 is 1.14 bits per heavy atom. The van der Waals surface area contributed by atoms with Gasteiger partial charge in [-0.05, 0) is 26.8 Å². The van der Waals surface area contributed by atoms with Gasteiger partial charge in [-0.2, -0.15) is 8.42 Å².